The molecular weight excluding hydrogens is 699 g/mol. The number of sulfonamides is 1. The lowest BCUT2D eigenvalue weighted by Gasteiger charge is -2.34. The van der Waals surface area contributed by atoms with E-state index in [0.717, 1.165) is 47.9 Å². The fraction of sp³-hybridized carbons (Fsp3) is 0.513. The van der Waals surface area contributed by atoms with Gasteiger partial charge in [0.15, 0.2) is 0 Å². The second-order valence-electron chi connectivity index (χ2n) is 15.5. The van der Waals surface area contributed by atoms with Crippen LogP contribution < -0.4 is 10.0 Å². The molecule has 4 fully saturated rings. The molecule has 0 bridgehead atoms. The molecule has 282 valence electrons. The average molecular weight is 746 g/mol. The van der Waals surface area contributed by atoms with Crippen molar-refractivity contribution in [2.45, 2.75) is 101 Å². The van der Waals surface area contributed by atoms with E-state index in [4.69, 9.17) is 4.84 Å². The summed E-state index contributed by atoms with van der Waals surface area (Å²) in [5.41, 5.74) is 2.81. The molecule has 0 unspecified atom stereocenters. The van der Waals surface area contributed by atoms with Gasteiger partial charge in [-0.2, -0.15) is 0 Å². The minimum Gasteiger partial charge on any atom is -0.390 e. The number of carbonyl (C=O) groups is 4. The third kappa shape index (κ3) is 7.10. The van der Waals surface area contributed by atoms with E-state index in [2.05, 4.69) is 21.8 Å². The maximum Gasteiger partial charge on any atom is 0.259 e. The Morgan fingerprint density at radius 1 is 1.02 bits per heavy atom. The quantitative estimate of drug-likeness (QED) is 0.134. The predicted octanol–water partition coefficient (Wildman–Crippen LogP) is 3.90. The van der Waals surface area contributed by atoms with Crippen molar-refractivity contribution in [2.75, 3.05) is 6.54 Å². The molecule has 13 nitrogen and oxygen atoms in total. The van der Waals surface area contributed by atoms with Gasteiger partial charge in [0.2, 0.25) is 27.7 Å². The molecule has 0 radical (unpaired) electrons. The van der Waals surface area contributed by atoms with E-state index in [1.807, 2.05) is 48.5 Å². The van der Waals surface area contributed by atoms with Crippen LogP contribution >= 0.6 is 0 Å². The summed E-state index contributed by atoms with van der Waals surface area (Å²) >= 11 is 0. The van der Waals surface area contributed by atoms with E-state index < -0.39 is 74.5 Å². The Morgan fingerprint density at radius 2 is 1.62 bits per heavy atom. The largest absolute Gasteiger partial charge is 0.390 e. The molecule has 14 heteroatoms. The number of benzene rings is 2. The van der Waals surface area contributed by atoms with Gasteiger partial charge in [0, 0.05) is 29.9 Å². The summed E-state index contributed by atoms with van der Waals surface area (Å²) in [6, 6.07) is 13.1. The van der Waals surface area contributed by atoms with Crippen molar-refractivity contribution in [1.82, 2.24) is 20.0 Å². The number of likely N-dealkylation sites (tertiary alicyclic amines) is 1. The molecule has 4 aliphatic carbocycles. The molecule has 0 spiro atoms. The first-order valence-corrected chi connectivity index (χ1v) is 20.1. The Bertz CT molecular complexity index is 1910. The molecule has 3 N–H and O–H groups in total. The van der Waals surface area contributed by atoms with Crippen LogP contribution in [0.25, 0.3) is 11.1 Å². The van der Waals surface area contributed by atoms with Crippen LogP contribution in [-0.4, -0.2) is 88.4 Å². The topological polar surface area (TPSA) is 175 Å². The molecule has 5 aliphatic rings. The van der Waals surface area contributed by atoms with Gasteiger partial charge in [0.1, 0.15) is 29.4 Å². The number of rotatable bonds is 13. The summed E-state index contributed by atoms with van der Waals surface area (Å²) in [5.74, 6) is -3.66. The van der Waals surface area contributed by atoms with Crippen molar-refractivity contribution in [3.63, 3.8) is 0 Å². The summed E-state index contributed by atoms with van der Waals surface area (Å²) < 4.78 is 27.5. The van der Waals surface area contributed by atoms with Gasteiger partial charge in [0.05, 0.1) is 11.8 Å². The molecule has 1 aliphatic heterocycles. The number of carbonyl (C=O) groups excluding carboxylic acids is 4. The summed E-state index contributed by atoms with van der Waals surface area (Å²) in [6.45, 7) is 7.11. The molecule has 2 aromatic rings. The molecule has 5 atom stereocenters. The van der Waals surface area contributed by atoms with Crippen LogP contribution in [0, 0.1) is 17.8 Å². The van der Waals surface area contributed by atoms with Crippen LogP contribution in [-0.2, 0) is 34.0 Å². The number of amides is 4. The van der Waals surface area contributed by atoms with Gasteiger partial charge in [-0.25, -0.2) is 13.5 Å². The molecule has 4 amide bonds. The molecule has 2 aromatic carbocycles. The zero-order chi connectivity index (χ0) is 37.7. The number of hydroxylamine groups is 2. The lowest BCUT2D eigenvalue weighted by atomic mass is 9.99. The Morgan fingerprint density at radius 3 is 2.17 bits per heavy atom. The van der Waals surface area contributed by atoms with Gasteiger partial charge in [-0.05, 0) is 55.1 Å². The van der Waals surface area contributed by atoms with Gasteiger partial charge >= 0.3 is 0 Å². The van der Waals surface area contributed by atoms with Crippen molar-refractivity contribution in [1.29, 1.82) is 0 Å². The zero-order valence-corrected chi connectivity index (χ0v) is 30.9. The number of hydrogen-bond acceptors (Lipinski definition) is 9. The first-order valence-electron chi connectivity index (χ1n) is 18.6. The van der Waals surface area contributed by atoms with E-state index in [0.29, 0.717) is 23.6 Å². The minimum absolute atomic E-state index is 0.0132. The molecular formula is C39H47N5O8S. The maximum absolute atomic E-state index is 14.4. The molecule has 1 saturated heterocycles. The highest BCUT2D eigenvalue weighted by Gasteiger charge is 2.62. The first-order chi connectivity index (χ1) is 25.3. The highest BCUT2D eigenvalue weighted by atomic mass is 32.2. The summed E-state index contributed by atoms with van der Waals surface area (Å²) in [4.78, 5) is 62.9. The van der Waals surface area contributed by atoms with Crippen molar-refractivity contribution in [3.05, 3.63) is 72.3 Å². The minimum atomic E-state index is -3.90. The summed E-state index contributed by atoms with van der Waals surface area (Å²) in [7, 11) is -3.90. The van der Waals surface area contributed by atoms with Gasteiger partial charge in [-0.1, -0.05) is 86.5 Å². The van der Waals surface area contributed by atoms with Crippen molar-refractivity contribution >= 4 is 39.4 Å². The number of fused-ring (bicyclic) bond motifs is 3. The van der Waals surface area contributed by atoms with Gasteiger partial charge in [-0.15, -0.1) is 6.58 Å². The highest BCUT2D eigenvalue weighted by molar-refractivity contribution is 7.91. The van der Waals surface area contributed by atoms with E-state index in [9.17, 15) is 32.8 Å². The van der Waals surface area contributed by atoms with E-state index >= 15 is 0 Å². The fourth-order valence-corrected chi connectivity index (χ4v) is 9.52. The predicted molar refractivity (Wildman–Crippen MR) is 196 cm³/mol. The maximum atomic E-state index is 14.4. The third-order valence-corrected chi connectivity index (χ3v) is 13.2. The van der Waals surface area contributed by atoms with Crippen molar-refractivity contribution in [3.8, 4) is 11.1 Å². The normalized spacial score (nSPS) is 25.3. The molecule has 3 saturated carbocycles. The number of nitrogens with zero attached hydrogens (tertiary/aromatic N) is 3. The van der Waals surface area contributed by atoms with E-state index in [1.54, 1.807) is 13.8 Å². The average Bonchev–Trinajstić information content (AvgIpc) is 3.97. The van der Waals surface area contributed by atoms with Crippen LogP contribution in [0.15, 0.2) is 66.3 Å². The number of hydrogen-bond donors (Lipinski definition) is 3. The fourth-order valence-electron chi connectivity index (χ4n) is 8.16. The van der Waals surface area contributed by atoms with Crippen LogP contribution in [0.3, 0.4) is 0 Å². The number of oxime groups is 1. The van der Waals surface area contributed by atoms with Crippen LogP contribution in [0.2, 0.25) is 0 Å². The lowest BCUT2D eigenvalue weighted by Crippen LogP contribution is -2.59. The van der Waals surface area contributed by atoms with Crippen molar-refractivity contribution < 1.29 is 37.6 Å². The van der Waals surface area contributed by atoms with Crippen molar-refractivity contribution in [2.24, 2.45) is 22.9 Å². The summed E-state index contributed by atoms with van der Waals surface area (Å²) in [6.07, 6.45) is 5.67. The Balaban J connectivity index is 1.16. The second-order valence-corrected chi connectivity index (χ2v) is 17.4. The monoisotopic (exact) mass is 745 g/mol. The number of nitrogens with one attached hydrogen (secondary N) is 2. The lowest BCUT2D eigenvalue weighted by molar-refractivity contribution is -0.188. The molecule has 1 heterocycles. The van der Waals surface area contributed by atoms with Crippen LogP contribution in [0.4, 0.5) is 0 Å². The summed E-state index contributed by atoms with van der Waals surface area (Å²) in [5, 5.41) is 18.4. The standard InChI is InChI=1S/C39H47N5O8S/c1-4-25-21-39(25,38(48)42-53(50,51)27-17-18-27)40-36(46)32-20-26(52-41-34-30-15-9-7-13-28(30)29-14-8-10-16-31(29)34)22-43(32)37(47)35(23(2)3)44(49)33(45)19-24-11-5-6-12-24/h4,7-10,13-16,23-27,32,35,49H,1,5-6,11-12,17-22H2,2-3H3,(H,40,46)(H,42,48)/t25-,26-,32+,35-,39+/m1/s1. The Kier molecular flexibility index (Phi) is 9.96. The smallest absolute Gasteiger partial charge is 0.259 e. The van der Waals surface area contributed by atoms with Crippen LogP contribution in [0.1, 0.15) is 82.8 Å². The molecule has 53 heavy (non-hydrogen) atoms. The SMILES string of the molecule is C=C[C@@H]1C[C@@]1(NC(=O)[C@@H]1C[C@@H](ON=C2c3ccccc3-c3ccccc32)CN1C(=O)[C@@H](C(C)C)N(O)C(=O)CC1CCCC1)C(=O)NS(=O)(=O)C1CC1. The second kappa shape index (κ2) is 14.3. The van der Waals surface area contributed by atoms with Gasteiger partial charge in [-0.3, -0.25) is 29.1 Å². The van der Waals surface area contributed by atoms with Crippen LogP contribution in [0.5, 0.6) is 0 Å². The Labute approximate surface area is 309 Å². The van der Waals surface area contributed by atoms with Gasteiger partial charge in [0.25, 0.3) is 5.91 Å². The third-order valence-electron chi connectivity index (χ3n) is 11.4. The zero-order valence-electron chi connectivity index (χ0n) is 30.1. The highest BCUT2D eigenvalue weighted by Crippen LogP contribution is 2.46. The molecule has 0 aromatic heterocycles. The van der Waals surface area contributed by atoms with E-state index in [1.165, 1.54) is 11.0 Å². The first kappa shape index (κ1) is 36.8. The Hall–Kier alpha value is -4.56. The van der Waals surface area contributed by atoms with E-state index in [-0.39, 0.29) is 31.7 Å². The molecule has 7 rings (SSSR count). The van der Waals surface area contributed by atoms with Gasteiger partial charge < -0.3 is 15.1 Å².